The molecule has 1 aromatic rings. The maximum atomic E-state index is 3.47. The van der Waals surface area contributed by atoms with Crippen LogP contribution in [0.25, 0.3) is 0 Å². The molecule has 0 saturated heterocycles. The van der Waals surface area contributed by atoms with Crippen LogP contribution in [-0.2, 0) is 6.42 Å². The molecular weight excluding hydrogens is 205 g/mol. The molecule has 0 bridgehead atoms. The van der Waals surface area contributed by atoms with Gasteiger partial charge < -0.3 is 5.32 Å². The van der Waals surface area contributed by atoms with Crippen molar-refractivity contribution >= 4 is 13.0 Å². The average molecular weight is 230 g/mol. The fraction of sp³-hybridized carbons (Fsp3) is 0.600. The highest BCUT2D eigenvalue weighted by Gasteiger charge is 1.97. The van der Waals surface area contributed by atoms with Gasteiger partial charge in [0.25, 0.3) is 0 Å². The first-order valence-corrected chi connectivity index (χ1v) is 6.88. The lowest BCUT2D eigenvalue weighted by atomic mass is 9.63. The Morgan fingerprint density at radius 2 is 1.88 bits per heavy atom. The molecule has 1 radical (unpaired) electrons. The Bertz CT molecular complexity index is 292. The molecule has 1 nitrogen and oxygen atoms in total. The molecule has 1 N–H and O–H groups in total. The van der Waals surface area contributed by atoms with Crippen molar-refractivity contribution in [1.29, 1.82) is 0 Å². The molecular formula is C15H25BN. The highest BCUT2D eigenvalue weighted by molar-refractivity contribution is 6.37. The molecule has 2 heteroatoms. The van der Waals surface area contributed by atoms with E-state index in [0.717, 1.165) is 6.54 Å². The highest BCUT2D eigenvalue weighted by atomic mass is 14.9. The number of anilines is 1. The molecule has 0 fully saturated rings. The van der Waals surface area contributed by atoms with E-state index in [1.807, 2.05) is 0 Å². The van der Waals surface area contributed by atoms with Crippen molar-refractivity contribution in [2.24, 2.45) is 0 Å². The Balaban J connectivity index is 2.18. The van der Waals surface area contributed by atoms with Gasteiger partial charge in [0.1, 0.15) is 7.28 Å². The molecule has 0 aromatic heterocycles. The van der Waals surface area contributed by atoms with Gasteiger partial charge in [-0.3, -0.25) is 0 Å². The van der Waals surface area contributed by atoms with E-state index in [4.69, 9.17) is 0 Å². The standard InChI is InChI=1S/C15H25BN/c1-4-6-14-7-9-15(10-8-14)17-12-5-11-16-13(2)3/h7-10,13,17H,4-6,11-12H2,1-3H3. The van der Waals surface area contributed by atoms with Crippen molar-refractivity contribution in [2.45, 2.75) is 52.2 Å². The molecule has 0 aliphatic rings. The Morgan fingerprint density at radius 1 is 1.18 bits per heavy atom. The molecule has 1 rings (SSSR count). The highest BCUT2D eigenvalue weighted by Crippen LogP contribution is 2.11. The van der Waals surface area contributed by atoms with E-state index in [0.29, 0.717) is 5.82 Å². The van der Waals surface area contributed by atoms with Crippen LogP contribution in [0.1, 0.15) is 39.2 Å². The zero-order valence-corrected chi connectivity index (χ0v) is 11.5. The lowest BCUT2D eigenvalue weighted by Crippen LogP contribution is -2.04. The van der Waals surface area contributed by atoms with Crippen molar-refractivity contribution in [1.82, 2.24) is 0 Å². The van der Waals surface area contributed by atoms with Gasteiger partial charge in [0.15, 0.2) is 0 Å². The van der Waals surface area contributed by atoms with Gasteiger partial charge in [0, 0.05) is 12.2 Å². The molecule has 0 aliphatic carbocycles. The van der Waals surface area contributed by atoms with Crippen molar-refractivity contribution in [2.75, 3.05) is 11.9 Å². The number of rotatable bonds is 8. The molecule has 0 atom stereocenters. The summed E-state index contributed by atoms with van der Waals surface area (Å²) in [6, 6.07) is 8.84. The van der Waals surface area contributed by atoms with E-state index in [-0.39, 0.29) is 0 Å². The van der Waals surface area contributed by atoms with E-state index in [1.54, 1.807) is 0 Å². The third kappa shape index (κ3) is 6.40. The maximum Gasteiger partial charge on any atom is 0.112 e. The fourth-order valence-electron chi connectivity index (χ4n) is 1.86. The van der Waals surface area contributed by atoms with Crippen molar-refractivity contribution in [3.05, 3.63) is 29.8 Å². The summed E-state index contributed by atoms with van der Waals surface area (Å²) in [5, 5.41) is 3.47. The first kappa shape index (κ1) is 14.1. The zero-order chi connectivity index (χ0) is 12.5. The molecule has 17 heavy (non-hydrogen) atoms. The summed E-state index contributed by atoms with van der Waals surface area (Å²) in [5.41, 5.74) is 2.68. The van der Waals surface area contributed by atoms with E-state index >= 15 is 0 Å². The summed E-state index contributed by atoms with van der Waals surface area (Å²) in [5.74, 6) is 0.711. The molecule has 0 unspecified atom stereocenters. The van der Waals surface area contributed by atoms with Crippen LogP contribution in [0.15, 0.2) is 24.3 Å². The van der Waals surface area contributed by atoms with Crippen molar-refractivity contribution in [3.63, 3.8) is 0 Å². The smallest absolute Gasteiger partial charge is 0.112 e. The van der Waals surface area contributed by atoms with Crippen LogP contribution in [0, 0.1) is 0 Å². The average Bonchev–Trinajstić information content (AvgIpc) is 2.31. The van der Waals surface area contributed by atoms with Crippen LogP contribution in [-0.4, -0.2) is 13.8 Å². The Hall–Kier alpha value is -0.915. The minimum absolute atomic E-state index is 0.711. The fourth-order valence-corrected chi connectivity index (χ4v) is 1.86. The van der Waals surface area contributed by atoms with Crippen LogP contribution in [0.5, 0.6) is 0 Å². The lowest BCUT2D eigenvalue weighted by molar-refractivity contribution is 0.920. The summed E-state index contributed by atoms with van der Waals surface area (Å²) < 4.78 is 0. The van der Waals surface area contributed by atoms with Gasteiger partial charge in [-0.25, -0.2) is 0 Å². The van der Waals surface area contributed by atoms with Gasteiger partial charge in [-0.1, -0.05) is 51.5 Å². The van der Waals surface area contributed by atoms with E-state index < -0.39 is 0 Å². The Morgan fingerprint density at radius 3 is 2.47 bits per heavy atom. The second-order valence-corrected chi connectivity index (χ2v) is 5.00. The third-order valence-electron chi connectivity index (χ3n) is 2.84. The monoisotopic (exact) mass is 230 g/mol. The first-order valence-electron chi connectivity index (χ1n) is 6.88. The van der Waals surface area contributed by atoms with Crippen LogP contribution >= 0.6 is 0 Å². The summed E-state index contributed by atoms with van der Waals surface area (Å²) in [6.45, 7) is 7.76. The number of benzene rings is 1. The minimum Gasteiger partial charge on any atom is -0.385 e. The van der Waals surface area contributed by atoms with Crippen LogP contribution in [0.3, 0.4) is 0 Å². The first-order chi connectivity index (χ1) is 8.22. The molecule has 1 aromatic carbocycles. The van der Waals surface area contributed by atoms with E-state index in [2.05, 4.69) is 57.6 Å². The molecule has 0 aliphatic heterocycles. The topological polar surface area (TPSA) is 12.0 Å². The van der Waals surface area contributed by atoms with Gasteiger partial charge in [0.05, 0.1) is 0 Å². The van der Waals surface area contributed by atoms with Gasteiger partial charge in [-0.15, -0.1) is 0 Å². The molecule has 0 amide bonds. The van der Waals surface area contributed by atoms with Crippen LogP contribution in [0.2, 0.25) is 12.1 Å². The van der Waals surface area contributed by atoms with Gasteiger partial charge in [-0.2, -0.15) is 0 Å². The predicted octanol–water partition coefficient (Wildman–Crippen LogP) is 4.39. The van der Waals surface area contributed by atoms with E-state index in [9.17, 15) is 0 Å². The predicted molar refractivity (Wildman–Crippen MR) is 79.2 cm³/mol. The molecule has 0 spiro atoms. The van der Waals surface area contributed by atoms with Gasteiger partial charge in [-0.05, 0) is 30.5 Å². The van der Waals surface area contributed by atoms with Crippen LogP contribution < -0.4 is 5.32 Å². The van der Waals surface area contributed by atoms with Gasteiger partial charge >= 0.3 is 0 Å². The largest absolute Gasteiger partial charge is 0.385 e. The molecule has 0 heterocycles. The zero-order valence-electron chi connectivity index (χ0n) is 11.5. The lowest BCUT2D eigenvalue weighted by Gasteiger charge is -2.07. The quantitative estimate of drug-likeness (QED) is 0.515. The van der Waals surface area contributed by atoms with E-state index in [1.165, 1.54) is 36.8 Å². The summed E-state index contributed by atoms with van der Waals surface area (Å²) in [4.78, 5) is 0. The maximum absolute atomic E-state index is 3.47. The van der Waals surface area contributed by atoms with Crippen molar-refractivity contribution < 1.29 is 0 Å². The summed E-state index contributed by atoms with van der Waals surface area (Å²) >= 11 is 0. The summed E-state index contributed by atoms with van der Waals surface area (Å²) in [6.07, 6.45) is 4.83. The molecule has 93 valence electrons. The Kier molecular flexibility index (Phi) is 6.84. The van der Waals surface area contributed by atoms with Crippen molar-refractivity contribution in [3.8, 4) is 0 Å². The van der Waals surface area contributed by atoms with Crippen LogP contribution in [0.4, 0.5) is 5.69 Å². The summed E-state index contributed by atoms with van der Waals surface area (Å²) in [7, 11) is 2.38. The number of aryl methyl sites for hydroxylation is 1. The minimum atomic E-state index is 0.711. The Labute approximate surface area is 107 Å². The number of hydrogen-bond acceptors (Lipinski definition) is 1. The number of nitrogens with one attached hydrogen (secondary N) is 1. The normalized spacial score (nSPS) is 10.6. The third-order valence-corrected chi connectivity index (χ3v) is 2.84. The number of hydrogen-bond donors (Lipinski definition) is 1. The molecule has 0 saturated carbocycles. The second-order valence-electron chi connectivity index (χ2n) is 5.00. The van der Waals surface area contributed by atoms with Gasteiger partial charge in [0.2, 0.25) is 0 Å². The SMILES string of the molecule is CCCc1ccc(NCCC[B]C(C)C)cc1. The second kappa shape index (κ2) is 8.22.